The summed E-state index contributed by atoms with van der Waals surface area (Å²) in [7, 11) is 3.45. The Bertz CT molecular complexity index is 618. The molecule has 1 amide bonds. The van der Waals surface area contributed by atoms with Crippen LogP contribution in [0.3, 0.4) is 0 Å². The third kappa shape index (κ3) is 2.71. The number of pyridine rings is 1. The fourth-order valence-electron chi connectivity index (χ4n) is 1.85. The molecule has 0 aromatic carbocycles. The molecule has 6 heteroatoms. The van der Waals surface area contributed by atoms with Crippen LogP contribution in [0.5, 0.6) is 0 Å². The molecule has 5 nitrogen and oxygen atoms in total. The number of amides is 1. The number of alkyl halides is 1. The topological polar surface area (TPSA) is 51.0 Å². The number of likely N-dealkylation sites (N-methyl/N-ethyl adjacent to an activating group) is 1. The van der Waals surface area contributed by atoms with E-state index in [-0.39, 0.29) is 17.8 Å². The molecule has 0 saturated heterocycles. The molecule has 0 N–H and O–H groups in total. The standard InChI is InChI=1S/C13H17ClN4O/c1-8-5-6-10-13(15-8)18(7-11(19)17(3)4)12(16-10)9(2)14/h5-6,9H,7H2,1-4H3. The van der Waals surface area contributed by atoms with E-state index in [0.29, 0.717) is 11.5 Å². The Morgan fingerprint density at radius 2 is 2.11 bits per heavy atom. The molecule has 0 aliphatic rings. The number of nitrogens with zero attached hydrogens (tertiary/aromatic N) is 4. The Kier molecular flexibility index (Phi) is 3.75. The largest absolute Gasteiger partial charge is 0.347 e. The summed E-state index contributed by atoms with van der Waals surface area (Å²) in [4.78, 5) is 22.4. The molecule has 0 aliphatic carbocycles. The lowest BCUT2D eigenvalue weighted by Crippen LogP contribution is -2.27. The number of hydrogen-bond donors (Lipinski definition) is 0. The second kappa shape index (κ2) is 5.17. The van der Waals surface area contributed by atoms with Gasteiger partial charge in [-0.25, -0.2) is 9.97 Å². The number of rotatable bonds is 3. The lowest BCUT2D eigenvalue weighted by molar-refractivity contribution is -0.129. The molecular weight excluding hydrogens is 264 g/mol. The highest BCUT2D eigenvalue weighted by Gasteiger charge is 2.18. The van der Waals surface area contributed by atoms with Crippen LogP contribution >= 0.6 is 11.6 Å². The first-order chi connectivity index (χ1) is 8.90. The Labute approximate surface area is 117 Å². The van der Waals surface area contributed by atoms with Crippen molar-refractivity contribution in [3.63, 3.8) is 0 Å². The highest BCUT2D eigenvalue weighted by Crippen LogP contribution is 2.23. The average Bonchev–Trinajstić information content (AvgIpc) is 2.67. The van der Waals surface area contributed by atoms with Gasteiger partial charge in [0.2, 0.25) is 5.91 Å². The molecule has 0 fully saturated rings. The molecule has 2 aromatic heterocycles. The minimum atomic E-state index is -0.274. The SMILES string of the molecule is Cc1ccc2nc(C(C)Cl)n(CC(=O)N(C)C)c2n1. The summed E-state index contributed by atoms with van der Waals surface area (Å²) in [6.07, 6.45) is 0. The Balaban J connectivity index is 2.57. The second-order valence-electron chi connectivity index (χ2n) is 4.76. The zero-order chi connectivity index (χ0) is 14.2. The lowest BCUT2D eigenvalue weighted by atomic mass is 10.3. The molecule has 0 radical (unpaired) electrons. The molecule has 2 rings (SSSR count). The molecule has 102 valence electrons. The van der Waals surface area contributed by atoms with E-state index in [1.54, 1.807) is 23.6 Å². The van der Waals surface area contributed by atoms with Crippen LogP contribution in [0, 0.1) is 6.92 Å². The number of hydrogen-bond acceptors (Lipinski definition) is 3. The average molecular weight is 281 g/mol. The van der Waals surface area contributed by atoms with Crippen LogP contribution in [0.25, 0.3) is 11.2 Å². The van der Waals surface area contributed by atoms with E-state index in [1.807, 2.05) is 26.0 Å². The van der Waals surface area contributed by atoms with Crippen LogP contribution in [0.2, 0.25) is 0 Å². The van der Waals surface area contributed by atoms with Crippen molar-refractivity contribution in [2.75, 3.05) is 14.1 Å². The van der Waals surface area contributed by atoms with Crippen LogP contribution in [0.15, 0.2) is 12.1 Å². The molecule has 2 aromatic rings. The third-order valence-corrected chi connectivity index (χ3v) is 3.10. The summed E-state index contributed by atoms with van der Waals surface area (Å²) >= 11 is 6.15. The minimum Gasteiger partial charge on any atom is -0.347 e. The summed E-state index contributed by atoms with van der Waals surface area (Å²) in [5.41, 5.74) is 2.36. The lowest BCUT2D eigenvalue weighted by Gasteiger charge is -2.13. The summed E-state index contributed by atoms with van der Waals surface area (Å²) in [6, 6.07) is 3.80. The van der Waals surface area contributed by atoms with Crippen LogP contribution in [0.1, 0.15) is 23.8 Å². The number of aryl methyl sites for hydroxylation is 1. The van der Waals surface area contributed by atoms with E-state index in [0.717, 1.165) is 11.2 Å². The van der Waals surface area contributed by atoms with Gasteiger partial charge < -0.3 is 9.47 Å². The highest BCUT2D eigenvalue weighted by molar-refractivity contribution is 6.20. The third-order valence-electron chi connectivity index (χ3n) is 2.91. The van der Waals surface area contributed by atoms with Crippen molar-refractivity contribution in [1.82, 2.24) is 19.4 Å². The first-order valence-corrected chi connectivity index (χ1v) is 6.51. The summed E-state index contributed by atoms with van der Waals surface area (Å²) in [5, 5.41) is -0.274. The first-order valence-electron chi connectivity index (χ1n) is 6.08. The van der Waals surface area contributed by atoms with Gasteiger partial charge in [0.1, 0.15) is 17.9 Å². The Morgan fingerprint density at radius 3 is 2.68 bits per heavy atom. The van der Waals surface area contributed by atoms with Gasteiger partial charge in [-0.1, -0.05) is 0 Å². The molecule has 0 bridgehead atoms. The van der Waals surface area contributed by atoms with E-state index in [2.05, 4.69) is 9.97 Å². The van der Waals surface area contributed by atoms with Crippen molar-refractivity contribution in [1.29, 1.82) is 0 Å². The molecular formula is C13H17ClN4O. The van der Waals surface area contributed by atoms with E-state index in [4.69, 9.17) is 11.6 Å². The van der Waals surface area contributed by atoms with Crippen LogP contribution in [-0.4, -0.2) is 39.4 Å². The molecule has 0 saturated carbocycles. The van der Waals surface area contributed by atoms with E-state index in [9.17, 15) is 4.79 Å². The molecule has 0 aliphatic heterocycles. The van der Waals surface area contributed by atoms with E-state index < -0.39 is 0 Å². The zero-order valence-electron chi connectivity index (χ0n) is 11.5. The Morgan fingerprint density at radius 1 is 1.42 bits per heavy atom. The maximum atomic E-state index is 11.9. The predicted molar refractivity (Wildman–Crippen MR) is 75.2 cm³/mol. The predicted octanol–water partition coefficient (Wildman–Crippen LogP) is 2.13. The van der Waals surface area contributed by atoms with Crippen LogP contribution in [-0.2, 0) is 11.3 Å². The summed E-state index contributed by atoms with van der Waals surface area (Å²) < 4.78 is 1.79. The van der Waals surface area contributed by atoms with E-state index >= 15 is 0 Å². The van der Waals surface area contributed by atoms with Crippen molar-refractivity contribution in [2.45, 2.75) is 25.8 Å². The maximum Gasteiger partial charge on any atom is 0.242 e. The number of imidazole rings is 1. The van der Waals surface area contributed by atoms with Gasteiger partial charge in [-0.2, -0.15) is 0 Å². The van der Waals surface area contributed by atoms with Crippen LogP contribution in [0.4, 0.5) is 0 Å². The van der Waals surface area contributed by atoms with Gasteiger partial charge in [-0.3, -0.25) is 4.79 Å². The van der Waals surface area contributed by atoms with Gasteiger partial charge in [0.05, 0.1) is 5.38 Å². The van der Waals surface area contributed by atoms with Gasteiger partial charge in [0.25, 0.3) is 0 Å². The zero-order valence-corrected chi connectivity index (χ0v) is 12.3. The minimum absolute atomic E-state index is 0.0128. The summed E-state index contributed by atoms with van der Waals surface area (Å²) in [5.74, 6) is 0.658. The van der Waals surface area contributed by atoms with Gasteiger partial charge in [-0.15, -0.1) is 11.6 Å². The Hall–Kier alpha value is -1.62. The van der Waals surface area contributed by atoms with Crippen molar-refractivity contribution in [2.24, 2.45) is 0 Å². The highest BCUT2D eigenvalue weighted by atomic mass is 35.5. The smallest absolute Gasteiger partial charge is 0.242 e. The van der Waals surface area contributed by atoms with Crippen molar-refractivity contribution in [3.8, 4) is 0 Å². The number of carbonyl (C=O) groups excluding carboxylic acids is 1. The van der Waals surface area contributed by atoms with Gasteiger partial charge in [0, 0.05) is 19.8 Å². The maximum absolute atomic E-state index is 11.9. The van der Waals surface area contributed by atoms with Crippen molar-refractivity contribution >= 4 is 28.7 Å². The van der Waals surface area contributed by atoms with Gasteiger partial charge in [0.15, 0.2) is 5.65 Å². The number of fused-ring (bicyclic) bond motifs is 1. The van der Waals surface area contributed by atoms with Crippen molar-refractivity contribution in [3.05, 3.63) is 23.7 Å². The molecule has 19 heavy (non-hydrogen) atoms. The first kappa shape index (κ1) is 13.8. The van der Waals surface area contributed by atoms with Crippen LogP contribution < -0.4 is 0 Å². The quantitative estimate of drug-likeness (QED) is 0.810. The molecule has 2 heterocycles. The second-order valence-corrected chi connectivity index (χ2v) is 5.41. The van der Waals surface area contributed by atoms with Gasteiger partial charge in [-0.05, 0) is 26.0 Å². The fourth-order valence-corrected chi connectivity index (χ4v) is 2.02. The number of carbonyl (C=O) groups is 1. The molecule has 1 unspecified atom stereocenters. The van der Waals surface area contributed by atoms with Crippen molar-refractivity contribution < 1.29 is 4.79 Å². The van der Waals surface area contributed by atoms with E-state index in [1.165, 1.54) is 0 Å². The number of aromatic nitrogens is 3. The monoisotopic (exact) mass is 280 g/mol. The molecule has 0 spiro atoms. The normalized spacial score (nSPS) is 12.7. The fraction of sp³-hybridized carbons (Fsp3) is 0.462. The number of halogens is 1. The summed E-state index contributed by atoms with van der Waals surface area (Å²) in [6.45, 7) is 3.95. The molecule has 1 atom stereocenters. The van der Waals surface area contributed by atoms with Gasteiger partial charge >= 0.3 is 0 Å².